The van der Waals surface area contributed by atoms with Gasteiger partial charge in [-0.3, -0.25) is 9.59 Å². The van der Waals surface area contributed by atoms with Crippen LogP contribution in [0.5, 0.6) is 5.75 Å². The van der Waals surface area contributed by atoms with Gasteiger partial charge in [0.2, 0.25) is 0 Å². The average molecular weight is 382 g/mol. The summed E-state index contributed by atoms with van der Waals surface area (Å²) in [7, 11) is 1.61. The number of carbonyl (C=O) groups is 2. The molecule has 2 amide bonds. The number of nitrogens with zero attached hydrogens (tertiary/aromatic N) is 1. The molecule has 0 radical (unpaired) electrons. The quantitative estimate of drug-likeness (QED) is 0.755. The van der Waals surface area contributed by atoms with Crippen molar-refractivity contribution in [3.63, 3.8) is 0 Å². The third-order valence-electron chi connectivity index (χ3n) is 5.17. The highest BCUT2D eigenvalue weighted by molar-refractivity contribution is 5.91. The molecule has 148 valence electrons. The molecule has 0 saturated carbocycles. The smallest absolute Gasteiger partial charge is 0.279 e. The maximum Gasteiger partial charge on any atom is 0.279 e. The number of carbonyl (C=O) groups excluding carboxylic acids is 2. The number of likely N-dealkylation sites (N-methyl/N-ethyl adjacent to an activating group) is 1. The van der Waals surface area contributed by atoms with E-state index in [9.17, 15) is 9.59 Å². The van der Waals surface area contributed by atoms with Crippen LogP contribution in [-0.2, 0) is 22.6 Å². The van der Waals surface area contributed by atoms with Crippen molar-refractivity contribution in [2.45, 2.75) is 19.9 Å². The monoisotopic (exact) mass is 382 g/mol. The topological polar surface area (TPSA) is 63.1 Å². The number of hydrogen-bond acceptors (Lipinski definition) is 3. The molecule has 2 aromatic carbocycles. The van der Waals surface area contributed by atoms with E-state index in [0.29, 0.717) is 19.6 Å². The van der Waals surface area contributed by atoms with Gasteiger partial charge < -0.3 is 19.9 Å². The van der Waals surface area contributed by atoms with Crippen LogP contribution in [0.4, 0.5) is 5.69 Å². The van der Waals surface area contributed by atoms with Gasteiger partial charge in [0.15, 0.2) is 13.1 Å². The zero-order valence-corrected chi connectivity index (χ0v) is 16.5. The molecule has 6 nitrogen and oxygen atoms in total. The van der Waals surface area contributed by atoms with Crippen molar-refractivity contribution in [1.82, 2.24) is 4.90 Å². The van der Waals surface area contributed by atoms with Gasteiger partial charge in [0.1, 0.15) is 5.75 Å². The number of ether oxygens (including phenoxy) is 1. The van der Waals surface area contributed by atoms with E-state index in [1.165, 1.54) is 11.1 Å². The molecule has 2 aromatic rings. The van der Waals surface area contributed by atoms with Crippen molar-refractivity contribution in [3.05, 3.63) is 59.7 Å². The summed E-state index contributed by atoms with van der Waals surface area (Å²) in [6, 6.07) is 15.5. The average Bonchev–Trinajstić information content (AvgIpc) is 2.73. The van der Waals surface area contributed by atoms with Gasteiger partial charge in [-0.2, -0.15) is 0 Å². The number of quaternary nitrogens is 1. The SMILES string of the molecule is CC[NH+](CC(=O)Nc1ccc(OC)cc1)CC(=O)N1CCc2ccccc2C1. The van der Waals surface area contributed by atoms with Crippen LogP contribution in [0.2, 0.25) is 0 Å². The third-order valence-corrected chi connectivity index (χ3v) is 5.17. The highest BCUT2D eigenvalue weighted by atomic mass is 16.5. The molecule has 0 bridgehead atoms. The molecule has 0 saturated heterocycles. The van der Waals surface area contributed by atoms with E-state index in [1.54, 1.807) is 31.4 Å². The van der Waals surface area contributed by atoms with Crippen LogP contribution in [0.3, 0.4) is 0 Å². The molecule has 1 aliphatic rings. The first-order valence-corrected chi connectivity index (χ1v) is 9.71. The minimum Gasteiger partial charge on any atom is -0.497 e. The zero-order valence-electron chi connectivity index (χ0n) is 16.5. The molecule has 2 N–H and O–H groups in total. The van der Waals surface area contributed by atoms with Crippen LogP contribution in [0.25, 0.3) is 0 Å². The molecule has 3 rings (SSSR count). The van der Waals surface area contributed by atoms with Crippen LogP contribution in [0, 0.1) is 0 Å². The van der Waals surface area contributed by atoms with E-state index in [-0.39, 0.29) is 18.4 Å². The normalized spacial score (nSPS) is 14.1. The number of fused-ring (bicyclic) bond motifs is 1. The fourth-order valence-corrected chi connectivity index (χ4v) is 3.45. The Hall–Kier alpha value is -2.86. The summed E-state index contributed by atoms with van der Waals surface area (Å²) in [5.41, 5.74) is 3.27. The molecule has 28 heavy (non-hydrogen) atoms. The van der Waals surface area contributed by atoms with E-state index in [0.717, 1.165) is 29.3 Å². The van der Waals surface area contributed by atoms with Crippen molar-refractivity contribution >= 4 is 17.5 Å². The first kappa shape index (κ1) is 19.9. The molecule has 1 atom stereocenters. The summed E-state index contributed by atoms with van der Waals surface area (Å²) in [5.74, 6) is 0.745. The second-order valence-corrected chi connectivity index (χ2v) is 7.07. The van der Waals surface area contributed by atoms with E-state index in [4.69, 9.17) is 4.74 Å². The van der Waals surface area contributed by atoms with Crippen molar-refractivity contribution in [2.75, 3.05) is 38.6 Å². The van der Waals surface area contributed by atoms with Crippen molar-refractivity contribution in [1.29, 1.82) is 0 Å². The van der Waals surface area contributed by atoms with Gasteiger partial charge in [-0.1, -0.05) is 24.3 Å². The lowest BCUT2D eigenvalue weighted by atomic mass is 10.00. The molecule has 0 fully saturated rings. The summed E-state index contributed by atoms with van der Waals surface area (Å²) in [4.78, 5) is 28.0. The Bertz CT molecular complexity index is 820. The fourth-order valence-electron chi connectivity index (χ4n) is 3.45. The lowest BCUT2D eigenvalue weighted by Crippen LogP contribution is -3.14. The summed E-state index contributed by atoms with van der Waals surface area (Å²) >= 11 is 0. The second-order valence-electron chi connectivity index (χ2n) is 7.07. The van der Waals surface area contributed by atoms with Gasteiger partial charge in [-0.05, 0) is 48.7 Å². The Morgan fingerprint density at radius 3 is 2.46 bits per heavy atom. The summed E-state index contributed by atoms with van der Waals surface area (Å²) in [6.45, 7) is 4.70. The first-order valence-electron chi connectivity index (χ1n) is 9.71. The van der Waals surface area contributed by atoms with Crippen molar-refractivity contribution < 1.29 is 19.2 Å². The molecule has 0 aliphatic carbocycles. The number of rotatable bonds is 7. The lowest BCUT2D eigenvalue weighted by molar-refractivity contribution is -0.882. The molecule has 1 unspecified atom stereocenters. The number of nitrogens with one attached hydrogen (secondary N) is 2. The largest absolute Gasteiger partial charge is 0.497 e. The molecule has 1 heterocycles. The van der Waals surface area contributed by atoms with Gasteiger partial charge in [-0.15, -0.1) is 0 Å². The Morgan fingerprint density at radius 2 is 1.79 bits per heavy atom. The van der Waals surface area contributed by atoms with E-state index < -0.39 is 0 Å². The maximum absolute atomic E-state index is 12.7. The number of methoxy groups -OCH3 is 1. The first-order chi connectivity index (χ1) is 13.6. The van der Waals surface area contributed by atoms with Gasteiger partial charge in [0, 0.05) is 18.8 Å². The zero-order chi connectivity index (χ0) is 19.9. The standard InChI is InChI=1S/C22H27N3O3/c1-3-24(15-21(26)23-19-8-10-20(28-2)11-9-19)16-22(27)25-13-12-17-6-4-5-7-18(17)14-25/h4-11H,3,12-16H2,1-2H3,(H,23,26)/p+1. The van der Waals surface area contributed by atoms with Crippen LogP contribution >= 0.6 is 0 Å². The summed E-state index contributed by atoms with van der Waals surface area (Å²) in [6.07, 6.45) is 0.890. The minimum atomic E-state index is -0.0983. The third kappa shape index (κ3) is 5.10. The minimum absolute atomic E-state index is 0.0983. The van der Waals surface area contributed by atoms with Crippen LogP contribution in [-0.4, -0.2) is 50.0 Å². The fraction of sp³-hybridized carbons (Fsp3) is 0.364. The summed E-state index contributed by atoms with van der Waals surface area (Å²) in [5, 5.41) is 2.88. The van der Waals surface area contributed by atoms with E-state index in [1.807, 2.05) is 24.0 Å². The Kier molecular flexibility index (Phi) is 6.66. The Morgan fingerprint density at radius 1 is 1.07 bits per heavy atom. The number of hydrogen-bond donors (Lipinski definition) is 2. The van der Waals surface area contributed by atoms with Crippen molar-refractivity contribution in [2.24, 2.45) is 0 Å². The highest BCUT2D eigenvalue weighted by Gasteiger charge is 2.24. The number of benzene rings is 2. The molecule has 1 aliphatic heterocycles. The maximum atomic E-state index is 12.7. The lowest BCUT2D eigenvalue weighted by Gasteiger charge is -2.29. The summed E-state index contributed by atoms with van der Waals surface area (Å²) < 4.78 is 5.12. The Labute approximate surface area is 166 Å². The molecule has 6 heteroatoms. The molecular weight excluding hydrogens is 354 g/mol. The van der Waals surface area contributed by atoms with Gasteiger partial charge >= 0.3 is 0 Å². The van der Waals surface area contributed by atoms with Gasteiger partial charge in [-0.25, -0.2) is 0 Å². The van der Waals surface area contributed by atoms with E-state index >= 15 is 0 Å². The Balaban J connectivity index is 1.52. The van der Waals surface area contributed by atoms with Gasteiger partial charge in [0.05, 0.1) is 13.7 Å². The van der Waals surface area contributed by atoms with Crippen LogP contribution < -0.4 is 15.0 Å². The number of anilines is 1. The van der Waals surface area contributed by atoms with E-state index in [2.05, 4.69) is 17.4 Å². The highest BCUT2D eigenvalue weighted by Crippen LogP contribution is 2.18. The van der Waals surface area contributed by atoms with Crippen LogP contribution in [0.15, 0.2) is 48.5 Å². The predicted octanol–water partition coefficient (Wildman–Crippen LogP) is 1.12. The van der Waals surface area contributed by atoms with Gasteiger partial charge in [0.25, 0.3) is 11.8 Å². The predicted molar refractivity (Wildman–Crippen MR) is 108 cm³/mol. The van der Waals surface area contributed by atoms with Crippen molar-refractivity contribution in [3.8, 4) is 5.75 Å². The number of amides is 2. The molecule has 0 aromatic heterocycles. The molecule has 0 spiro atoms. The molecular formula is C22H28N3O3+. The second kappa shape index (κ2) is 9.37. The van der Waals surface area contributed by atoms with Crippen LogP contribution in [0.1, 0.15) is 18.1 Å².